The lowest BCUT2D eigenvalue weighted by Crippen LogP contribution is -2.18. The molecule has 0 aliphatic carbocycles. The lowest BCUT2D eigenvalue weighted by Gasteiger charge is -1.93. The highest BCUT2D eigenvalue weighted by Crippen LogP contribution is 1.54. The monoisotopic (exact) mass is 103 g/mol. The Morgan fingerprint density at radius 1 is 1.86 bits per heavy atom. The van der Waals surface area contributed by atoms with Crippen molar-refractivity contribution in [2.24, 2.45) is 0 Å². The molecular formula is C4H9NO2. The van der Waals surface area contributed by atoms with Crippen LogP contribution in [0.15, 0.2) is 0 Å². The van der Waals surface area contributed by atoms with Crippen molar-refractivity contribution in [1.82, 2.24) is 5.32 Å². The molecule has 42 valence electrons. The van der Waals surface area contributed by atoms with Crippen LogP contribution in [0.1, 0.15) is 0 Å². The van der Waals surface area contributed by atoms with Crippen LogP contribution in [0.2, 0.25) is 0 Å². The van der Waals surface area contributed by atoms with Crippen molar-refractivity contribution in [3.05, 3.63) is 0 Å². The summed E-state index contributed by atoms with van der Waals surface area (Å²) in [7, 11) is 1.57. The van der Waals surface area contributed by atoms with Crippen LogP contribution in [0.4, 0.5) is 0 Å². The van der Waals surface area contributed by atoms with E-state index in [0.717, 1.165) is 6.29 Å². The molecule has 0 aliphatic rings. The summed E-state index contributed by atoms with van der Waals surface area (Å²) in [4.78, 5) is 9.56. The van der Waals surface area contributed by atoms with Gasteiger partial charge >= 0.3 is 0 Å². The quantitative estimate of drug-likeness (QED) is 0.293. The second-order valence-corrected chi connectivity index (χ2v) is 1.05. The first-order valence-corrected chi connectivity index (χ1v) is 2.05. The van der Waals surface area contributed by atoms with Crippen LogP contribution in [-0.2, 0) is 9.53 Å². The summed E-state index contributed by atoms with van der Waals surface area (Å²) < 4.78 is 4.57. The normalized spacial score (nSPS) is 8.71. The molecule has 0 atom stereocenters. The summed E-state index contributed by atoms with van der Waals surface area (Å²) in [6, 6.07) is 0. The lowest BCUT2D eigenvalue weighted by atomic mass is 10.7. The zero-order chi connectivity index (χ0) is 5.54. The Morgan fingerprint density at radius 3 is 3.00 bits per heavy atom. The molecule has 0 saturated heterocycles. The van der Waals surface area contributed by atoms with Gasteiger partial charge in [0.05, 0.1) is 13.3 Å². The van der Waals surface area contributed by atoms with Crippen molar-refractivity contribution in [1.29, 1.82) is 0 Å². The molecule has 1 N–H and O–H groups in total. The highest BCUT2D eigenvalue weighted by Gasteiger charge is 1.75. The molecule has 0 spiro atoms. The van der Waals surface area contributed by atoms with Crippen molar-refractivity contribution < 1.29 is 9.53 Å². The maximum absolute atomic E-state index is 9.56. The van der Waals surface area contributed by atoms with Gasteiger partial charge in [0, 0.05) is 7.11 Å². The molecule has 0 heterocycles. The minimum atomic E-state index is 0.369. The Bertz CT molecular complexity index is 47.0. The minimum Gasteiger partial charge on any atom is -0.370 e. The van der Waals surface area contributed by atoms with Gasteiger partial charge in [-0.05, 0) is 0 Å². The molecule has 3 nitrogen and oxygen atoms in total. The standard InChI is InChI=1S/C4H9NO2/c1-7-4-5-2-3-6/h3,5H,2,4H2,1H3. The third-order valence-corrected chi connectivity index (χ3v) is 0.474. The lowest BCUT2D eigenvalue weighted by molar-refractivity contribution is -0.107. The van der Waals surface area contributed by atoms with Crippen LogP contribution in [0.5, 0.6) is 0 Å². The van der Waals surface area contributed by atoms with E-state index >= 15 is 0 Å². The Hall–Kier alpha value is -0.410. The van der Waals surface area contributed by atoms with Crippen molar-refractivity contribution >= 4 is 6.29 Å². The van der Waals surface area contributed by atoms with Crippen LogP contribution in [-0.4, -0.2) is 26.7 Å². The Balaban J connectivity index is 2.56. The van der Waals surface area contributed by atoms with Gasteiger partial charge in [0.15, 0.2) is 0 Å². The van der Waals surface area contributed by atoms with Crippen LogP contribution < -0.4 is 5.32 Å². The predicted octanol–water partition coefficient (Wildman–Crippen LogP) is -0.621. The van der Waals surface area contributed by atoms with Gasteiger partial charge in [-0.2, -0.15) is 0 Å². The van der Waals surface area contributed by atoms with E-state index < -0.39 is 0 Å². The molecule has 0 fully saturated rings. The van der Waals surface area contributed by atoms with Gasteiger partial charge in [0.2, 0.25) is 0 Å². The average Bonchev–Trinajstić information content (AvgIpc) is 1.69. The SMILES string of the molecule is COCNCC=O. The zero-order valence-corrected chi connectivity index (χ0v) is 4.31. The summed E-state index contributed by atoms with van der Waals surface area (Å²) in [6.07, 6.45) is 0.791. The molecule has 0 aliphatic heterocycles. The molecular weight excluding hydrogens is 94.0 g/mol. The molecule has 0 aromatic rings. The van der Waals surface area contributed by atoms with Gasteiger partial charge in [-0.15, -0.1) is 0 Å². The summed E-state index contributed by atoms with van der Waals surface area (Å²) in [5, 5.41) is 2.69. The third kappa shape index (κ3) is 5.59. The predicted molar refractivity (Wildman–Crippen MR) is 25.9 cm³/mol. The Morgan fingerprint density at radius 2 is 2.57 bits per heavy atom. The molecule has 0 aromatic carbocycles. The van der Waals surface area contributed by atoms with Crippen LogP contribution >= 0.6 is 0 Å². The van der Waals surface area contributed by atoms with Crippen molar-refractivity contribution in [2.75, 3.05) is 20.4 Å². The van der Waals surface area contributed by atoms with Gasteiger partial charge in [0.25, 0.3) is 0 Å². The number of carbonyl (C=O) groups excluding carboxylic acids is 1. The molecule has 0 amide bonds. The number of methoxy groups -OCH3 is 1. The first-order valence-electron chi connectivity index (χ1n) is 2.05. The highest BCUT2D eigenvalue weighted by molar-refractivity contribution is 5.51. The molecule has 0 unspecified atom stereocenters. The second-order valence-electron chi connectivity index (χ2n) is 1.05. The van der Waals surface area contributed by atoms with E-state index in [4.69, 9.17) is 0 Å². The number of ether oxygens (including phenoxy) is 1. The minimum absolute atomic E-state index is 0.369. The maximum Gasteiger partial charge on any atom is 0.133 e. The number of nitrogens with one attached hydrogen (secondary N) is 1. The molecule has 7 heavy (non-hydrogen) atoms. The van der Waals surface area contributed by atoms with E-state index in [2.05, 4.69) is 10.1 Å². The van der Waals surface area contributed by atoms with Crippen molar-refractivity contribution in [3.8, 4) is 0 Å². The Kier molecular flexibility index (Phi) is 5.26. The zero-order valence-electron chi connectivity index (χ0n) is 4.31. The molecule has 3 heteroatoms. The second kappa shape index (κ2) is 5.59. The largest absolute Gasteiger partial charge is 0.370 e. The highest BCUT2D eigenvalue weighted by atomic mass is 16.5. The summed E-state index contributed by atoms with van der Waals surface area (Å²) in [5.74, 6) is 0. The topological polar surface area (TPSA) is 38.3 Å². The number of rotatable bonds is 4. The fraction of sp³-hybridized carbons (Fsp3) is 0.750. The van der Waals surface area contributed by atoms with E-state index in [1.807, 2.05) is 0 Å². The van der Waals surface area contributed by atoms with Crippen LogP contribution in [0.25, 0.3) is 0 Å². The number of hydrogen-bond acceptors (Lipinski definition) is 3. The summed E-state index contributed by atoms with van der Waals surface area (Å²) in [5.41, 5.74) is 0. The number of hydrogen-bond donors (Lipinski definition) is 1. The van der Waals surface area contributed by atoms with E-state index in [1.165, 1.54) is 0 Å². The van der Waals surface area contributed by atoms with E-state index in [1.54, 1.807) is 7.11 Å². The average molecular weight is 103 g/mol. The first kappa shape index (κ1) is 6.59. The fourth-order valence-electron chi connectivity index (χ4n) is 0.220. The number of carbonyl (C=O) groups is 1. The molecule has 0 radical (unpaired) electrons. The molecule has 0 aromatic heterocycles. The molecule has 0 rings (SSSR count). The van der Waals surface area contributed by atoms with Gasteiger partial charge < -0.3 is 9.53 Å². The summed E-state index contributed by atoms with van der Waals surface area (Å²) >= 11 is 0. The first-order chi connectivity index (χ1) is 3.41. The Labute approximate surface area is 42.7 Å². The van der Waals surface area contributed by atoms with E-state index in [0.29, 0.717) is 13.3 Å². The van der Waals surface area contributed by atoms with Crippen LogP contribution in [0.3, 0.4) is 0 Å². The maximum atomic E-state index is 9.56. The van der Waals surface area contributed by atoms with Gasteiger partial charge in [0.1, 0.15) is 6.29 Å². The molecule has 0 saturated carbocycles. The van der Waals surface area contributed by atoms with Crippen molar-refractivity contribution in [3.63, 3.8) is 0 Å². The third-order valence-electron chi connectivity index (χ3n) is 0.474. The van der Waals surface area contributed by atoms with Gasteiger partial charge in [-0.25, -0.2) is 0 Å². The van der Waals surface area contributed by atoms with E-state index in [-0.39, 0.29) is 0 Å². The van der Waals surface area contributed by atoms with Crippen molar-refractivity contribution in [2.45, 2.75) is 0 Å². The summed E-state index contributed by atoms with van der Waals surface area (Å²) in [6.45, 7) is 0.812. The smallest absolute Gasteiger partial charge is 0.133 e. The number of aldehydes is 1. The van der Waals surface area contributed by atoms with Gasteiger partial charge in [-0.3, -0.25) is 5.32 Å². The molecule has 0 bridgehead atoms. The van der Waals surface area contributed by atoms with Crippen LogP contribution in [0, 0.1) is 0 Å². The van der Waals surface area contributed by atoms with E-state index in [9.17, 15) is 4.79 Å². The van der Waals surface area contributed by atoms with Gasteiger partial charge in [-0.1, -0.05) is 0 Å². The fourth-order valence-corrected chi connectivity index (χ4v) is 0.220.